The fraction of sp³-hybridized carbons (Fsp3) is 0.333. The molecule has 1 N–H and O–H groups in total. The molecule has 0 saturated carbocycles. The van der Waals surface area contributed by atoms with Crippen LogP contribution in [-0.4, -0.2) is 29.6 Å². The van der Waals surface area contributed by atoms with Crippen LogP contribution in [0.25, 0.3) is 0 Å². The minimum absolute atomic E-state index is 0.0844. The summed E-state index contributed by atoms with van der Waals surface area (Å²) in [6.07, 6.45) is -1.33. The van der Waals surface area contributed by atoms with Gasteiger partial charge in [-0.3, -0.25) is 9.59 Å². The quantitative estimate of drug-likeness (QED) is 0.516. The second kappa shape index (κ2) is 5.46. The summed E-state index contributed by atoms with van der Waals surface area (Å²) >= 11 is 0. The zero-order valence-electron chi connectivity index (χ0n) is 11.4. The number of carbonyl (C=O) groups excluding carboxylic acids is 2. The summed E-state index contributed by atoms with van der Waals surface area (Å²) in [6, 6.07) is 4.96. The Labute approximate surface area is 116 Å². The molecule has 0 radical (unpaired) electrons. The Balaban J connectivity index is 2.42. The smallest absolute Gasteiger partial charge is 0.303 e. The number of ketones is 1. The van der Waals surface area contributed by atoms with Crippen molar-refractivity contribution in [2.75, 3.05) is 6.61 Å². The highest BCUT2D eigenvalue weighted by Crippen LogP contribution is 2.41. The minimum Gasteiger partial charge on any atom is -0.481 e. The van der Waals surface area contributed by atoms with E-state index < -0.39 is 18.2 Å². The molecule has 5 nitrogen and oxygen atoms in total. The molecule has 0 amide bonds. The van der Waals surface area contributed by atoms with Crippen molar-refractivity contribution in [3.63, 3.8) is 0 Å². The number of fused-ring (bicyclic) bond motifs is 1. The van der Waals surface area contributed by atoms with Gasteiger partial charge in [0, 0.05) is 18.1 Å². The lowest BCUT2D eigenvalue weighted by molar-refractivity contribution is -0.149. The third kappa shape index (κ3) is 2.58. The van der Waals surface area contributed by atoms with Crippen molar-refractivity contribution in [3.05, 3.63) is 41.5 Å². The Bertz CT molecular complexity index is 576. The van der Waals surface area contributed by atoms with Crippen molar-refractivity contribution in [1.82, 2.24) is 0 Å². The lowest BCUT2D eigenvalue weighted by atomic mass is 9.99. The average Bonchev–Trinajstić information content (AvgIpc) is 2.75. The number of aliphatic hydroxyl groups excluding tert-OH is 1. The number of carbonyl (C=O) groups is 2. The van der Waals surface area contributed by atoms with E-state index in [4.69, 9.17) is 9.47 Å². The molecule has 2 unspecified atom stereocenters. The van der Waals surface area contributed by atoms with Gasteiger partial charge in [0.1, 0.15) is 5.75 Å². The second-order valence-electron chi connectivity index (χ2n) is 4.69. The van der Waals surface area contributed by atoms with Crippen LogP contribution in [0.1, 0.15) is 35.9 Å². The van der Waals surface area contributed by atoms with Gasteiger partial charge in [0.2, 0.25) is 0 Å². The number of aliphatic hydroxyl groups is 1. The van der Waals surface area contributed by atoms with Crippen molar-refractivity contribution in [3.8, 4) is 5.75 Å². The van der Waals surface area contributed by atoms with Gasteiger partial charge in [-0.05, 0) is 30.7 Å². The third-order valence-corrected chi connectivity index (χ3v) is 3.15. The zero-order chi connectivity index (χ0) is 14.9. The number of benzene rings is 1. The Hall–Kier alpha value is -2.14. The summed E-state index contributed by atoms with van der Waals surface area (Å²) in [7, 11) is 0. The predicted molar refractivity (Wildman–Crippen MR) is 71.6 cm³/mol. The molecule has 1 aliphatic heterocycles. The molecule has 2 atom stereocenters. The van der Waals surface area contributed by atoms with Gasteiger partial charge in [0.05, 0.1) is 6.61 Å². The molecule has 0 saturated heterocycles. The van der Waals surface area contributed by atoms with E-state index in [-0.39, 0.29) is 12.4 Å². The fourth-order valence-electron chi connectivity index (χ4n) is 2.15. The molecule has 0 bridgehead atoms. The molecule has 106 valence electrons. The normalized spacial score (nSPS) is 19.9. The number of Topliss-reactive ketones (excluding diaryl/α,β-unsaturated/α-hetero) is 1. The topological polar surface area (TPSA) is 72.8 Å². The third-order valence-electron chi connectivity index (χ3n) is 3.15. The molecule has 5 heteroatoms. The van der Waals surface area contributed by atoms with E-state index in [9.17, 15) is 14.7 Å². The van der Waals surface area contributed by atoms with Gasteiger partial charge in [-0.1, -0.05) is 6.58 Å². The van der Waals surface area contributed by atoms with Gasteiger partial charge in [0.25, 0.3) is 0 Å². The van der Waals surface area contributed by atoms with E-state index in [0.717, 1.165) is 0 Å². The van der Waals surface area contributed by atoms with E-state index in [1.807, 2.05) is 0 Å². The lowest BCUT2D eigenvalue weighted by Gasteiger charge is -2.19. The van der Waals surface area contributed by atoms with E-state index in [0.29, 0.717) is 22.4 Å². The maximum absolute atomic E-state index is 11.4. The maximum atomic E-state index is 11.4. The molecule has 0 aliphatic carbocycles. The Morgan fingerprint density at radius 2 is 2.10 bits per heavy atom. The van der Waals surface area contributed by atoms with E-state index in [1.165, 1.54) is 13.8 Å². The molecule has 0 fully saturated rings. The molecule has 0 aromatic heterocycles. The van der Waals surface area contributed by atoms with Crippen molar-refractivity contribution in [2.45, 2.75) is 26.1 Å². The standard InChI is InChI=1S/C15H16O5/c1-8(7-16)14-15(19-10(3)18)12-6-11(9(2)17)4-5-13(12)20-14/h4-6,14-16H,1,7H2,2-3H3. The van der Waals surface area contributed by atoms with Crippen LogP contribution in [0.15, 0.2) is 30.4 Å². The summed E-state index contributed by atoms with van der Waals surface area (Å²) in [6.45, 7) is 6.21. The highest BCUT2D eigenvalue weighted by atomic mass is 16.6. The fourth-order valence-corrected chi connectivity index (χ4v) is 2.15. The second-order valence-corrected chi connectivity index (χ2v) is 4.69. The van der Waals surface area contributed by atoms with Gasteiger partial charge < -0.3 is 14.6 Å². The summed E-state index contributed by atoms with van der Waals surface area (Å²) in [5.74, 6) is -0.0184. The first kappa shape index (κ1) is 14.3. The highest BCUT2D eigenvalue weighted by Gasteiger charge is 2.38. The van der Waals surface area contributed by atoms with Crippen LogP contribution < -0.4 is 4.74 Å². The molecule has 2 rings (SSSR count). The summed E-state index contributed by atoms with van der Waals surface area (Å²) in [5, 5.41) is 9.19. The zero-order valence-corrected chi connectivity index (χ0v) is 11.4. The first-order valence-corrected chi connectivity index (χ1v) is 6.21. The summed E-state index contributed by atoms with van der Waals surface area (Å²) in [4.78, 5) is 22.7. The average molecular weight is 276 g/mol. The van der Waals surface area contributed by atoms with Crippen molar-refractivity contribution in [1.29, 1.82) is 0 Å². The molecule has 1 aliphatic rings. The van der Waals surface area contributed by atoms with Gasteiger partial charge in [-0.25, -0.2) is 0 Å². The Kier molecular flexibility index (Phi) is 3.90. The predicted octanol–water partition coefficient (Wildman–Crippen LogP) is 1.80. The number of rotatable bonds is 4. The first-order chi connectivity index (χ1) is 9.43. The molecule has 1 aromatic rings. The number of ether oxygens (including phenoxy) is 2. The van der Waals surface area contributed by atoms with Gasteiger partial charge in [-0.2, -0.15) is 0 Å². The van der Waals surface area contributed by atoms with E-state index in [1.54, 1.807) is 18.2 Å². The lowest BCUT2D eigenvalue weighted by Crippen LogP contribution is -2.26. The van der Waals surface area contributed by atoms with E-state index >= 15 is 0 Å². The SMILES string of the molecule is C=C(CO)C1Oc2ccc(C(C)=O)cc2C1OC(C)=O. The molecule has 1 aromatic carbocycles. The largest absolute Gasteiger partial charge is 0.481 e. The summed E-state index contributed by atoms with van der Waals surface area (Å²) in [5.41, 5.74) is 1.55. The Morgan fingerprint density at radius 3 is 2.65 bits per heavy atom. The maximum Gasteiger partial charge on any atom is 0.303 e. The number of hydrogen-bond donors (Lipinski definition) is 1. The van der Waals surface area contributed by atoms with Gasteiger partial charge in [-0.15, -0.1) is 0 Å². The number of esters is 1. The van der Waals surface area contributed by atoms with Crippen LogP contribution in [0, 0.1) is 0 Å². The van der Waals surface area contributed by atoms with Gasteiger partial charge in [0.15, 0.2) is 18.0 Å². The van der Waals surface area contributed by atoms with Crippen molar-refractivity contribution in [2.24, 2.45) is 0 Å². The van der Waals surface area contributed by atoms with Gasteiger partial charge >= 0.3 is 5.97 Å². The van der Waals surface area contributed by atoms with Crippen molar-refractivity contribution >= 4 is 11.8 Å². The minimum atomic E-state index is -0.693. The van der Waals surface area contributed by atoms with Crippen LogP contribution in [0.2, 0.25) is 0 Å². The molecular weight excluding hydrogens is 260 g/mol. The van der Waals surface area contributed by atoms with Crippen LogP contribution in [0.3, 0.4) is 0 Å². The van der Waals surface area contributed by atoms with Crippen LogP contribution >= 0.6 is 0 Å². The van der Waals surface area contributed by atoms with Crippen LogP contribution in [-0.2, 0) is 9.53 Å². The van der Waals surface area contributed by atoms with Crippen molar-refractivity contribution < 1.29 is 24.2 Å². The van der Waals surface area contributed by atoms with Crippen LogP contribution in [0.4, 0.5) is 0 Å². The molecule has 1 heterocycles. The van der Waals surface area contributed by atoms with Crippen LogP contribution in [0.5, 0.6) is 5.75 Å². The number of hydrogen-bond acceptors (Lipinski definition) is 5. The molecular formula is C15H16O5. The van der Waals surface area contributed by atoms with E-state index in [2.05, 4.69) is 6.58 Å². The molecule has 0 spiro atoms. The highest BCUT2D eigenvalue weighted by molar-refractivity contribution is 5.94. The monoisotopic (exact) mass is 276 g/mol. The Morgan fingerprint density at radius 1 is 1.40 bits per heavy atom. The first-order valence-electron chi connectivity index (χ1n) is 6.21. The molecule has 20 heavy (non-hydrogen) atoms. The summed E-state index contributed by atoms with van der Waals surface area (Å²) < 4.78 is 10.9.